The van der Waals surface area contributed by atoms with Gasteiger partial charge in [0, 0.05) is 20.7 Å². The number of rotatable bonds is 4. The number of ether oxygens (including phenoxy) is 1. The number of fused-ring (bicyclic) bond motifs is 1. The van der Waals surface area contributed by atoms with Crippen molar-refractivity contribution >= 4 is 65.3 Å². The third-order valence-electron chi connectivity index (χ3n) is 4.16. The lowest BCUT2D eigenvalue weighted by molar-refractivity contribution is 0.372. The van der Waals surface area contributed by atoms with E-state index in [0.29, 0.717) is 15.8 Å². The smallest absolute Gasteiger partial charge is 0.167 e. The van der Waals surface area contributed by atoms with Crippen molar-refractivity contribution in [3.05, 3.63) is 69.1 Å². The monoisotopic (exact) mass is 516 g/mol. The van der Waals surface area contributed by atoms with Gasteiger partial charge in [0.05, 0.1) is 28.6 Å². The molecule has 0 radical (unpaired) electrons. The van der Waals surface area contributed by atoms with Crippen LogP contribution in [0.2, 0.25) is 0 Å². The molecule has 1 aromatic heterocycles. The third-order valence-corrected chi connectivity index (χ3v) is 7.26. The second-order valence-electron chi connectivity index (χ2n) is 5.93. The average molecular weight is 518 g/mol. The Bertz CT molecular complexity index is 1150. The second-order valence-corrected chi connectivity index (χ2v) is 8.61. The fraction of sp³-hybridized carbons (Fsp3) is 0.0476. The van der Waals surface area contributed by atoms with Gasteiger partial charge >= 0.3 is 0 Å². The standard InChI is InChI=1S/C21H14Br2N2O2S/c1-27-17-10-15(22)19(23)14(20(17)26)11-24-13-8-6-12(7-9-13)21-25-16-4-2-3-5-18(16)28-21/h2-11,26H,1H3. The van der Waals surface area contributed by atoms with Crippen LogP contribution in [-0.4, -0.2) is 23.4 Å². The fourth-order valence-corrected chi connectivity index (χ4v) is 4.51. The van der Waals surface area contributed by atoms with E-state index in [2.05, 4.69) is 47.9 Å². The molecule has 1 N–H and O–H groups in total. The largest absolute Gasteiger partial charge is 0.504 e. The number of hydrogen-bond donors (Lipinski definition) is 1. The van der Waals surface area contributed by atoms with Crippen LogP contribution in [0.15, 0.2) is 68.5 Å². The minimum absolute atomic E-state index is 0.0346. The van der Waals surface area contributed by atoms with Gasteiger partial charge in [0.25, 0.3) is 0 Å². The highest BCUT2D eigenvalue weighted by atomic mass is 79.9. The number of aromatic hydroxyl groups is 1. The first-order valence-electron chi connectivity index (χ1n) is 8.32. The Kier molecular flexibility index (Phi) is 5.48. The Labute approximate surface area is 182 Å². The van der Waals surface area contributed by atoms with E-state index in [1.807, 2.05) is 42.5 Å². The van der Waals surface area contributed by atoms with Crippen molar-refractivity contribution in [1.29, 1.82) is 0 Å². The first kappa shape index (κ1) is 19.1. The number of aromatic nitrogens is 1. The minimum atomic E-state index is 0.0346. The molecule has 0 spiro atoms. The van der Waals surface area contributed by atoms with E-state index in [9.17, 15) is 5.11 Å². The zero-order chi connectivity index (χ0) is 19.7. The zero-order valence-corrected chi connectivity index (χ0v) is 18.7. The van der Waals surface area contributed by atoms with Crippen molar-refractivity contribution in [3.8, 4) is 22.1 Å². The molecule has 28 heavy (non-hydrogen) atoms. The molecule has 0 aliphatic carbocycles. The molecule has 3 aromatic carbocycles. The second kappa shape index (κ2) is 8.03. The van der Waals surface area contributed by atoms with Gasteiger partial charge in [0.1, 0.15) is 5.01 Å². The molecule has 0 aliphatic heterocycles. The van der Waals surface area contributed by atoms with E-state index in [4.69, 9.17) is 4.74 Å². The predicted molar refractivity (Wildman–Crippen MR) is 122 cm³/mol. The summed E-state index contributed by atoms with van der Waals surface area (Å²) in [6.45, 7) is 0. The van der Waals surface area contributed by atoms with Gasteiger partial charge in [-0.2, -0.15) is 0 Å². The maximum Gasteiger partial charge on any atom is 0.167 e. The third kappa shape index (κ3) is 3.70. The molecule has 0 atom stereocenters. The highest BCUT2D eigenvalue weighted by molar-refractivity contribution is 9.13. The number of halogens is 2. The van der Waals surface area contributed by atoms with Gasteiger partial charge < -0.3 is 9.84 Å². The lowest BCUT2D eigenvalue weighted by Gasteiger charge is -2.09. The van der Waals surface area contributed by atoms with Gasteiger partial charge in [-0.05, 0) is 74.3 Å². The van der Waals surface area contributed by atoms with Gasteiger partial charge in [-0.25, -0.2) is 4.98 Å². The van der Waals surface area contributed by atoms with Crippen molar-refractivity contribution in [1.82, 2.24) is 4.98 Å². The summed E-state index contributed by atoms with van der Waals surface area (Å²) >= 11 is 8.58. The quantitative estimate of drug-likeness (QED) is 0.298. The summed E-state index contributed by atoms with van der Waals surface area (Å²) in [6.07, 6.45) is 1.61. The fourth-order valence-electron chi connectivity index (χ4n) is 2.71. The molecule has 4 aromatic rings. The lowest BCUT2D eigenvalue weighted by Crippen LogP contribution is -1.91. The zero-order valence-electron chi connectivity index (χ0n) is 14.7. The molecule has 7 heteroatoms. The molecular weight excluding hydrogens is 504 g/mol. The lowest BCUT2D eigenvalue weighted by atomic mass is 10.2. The summed E-state index contributed by atoms with van der Waals surface area (Å²) in [5.41, 5.74) is 3.37. The van der Waals surface area contributed by atoms with Gasteiger partial charge in [-0.1, -0.05) is 12.1 Å². The minimum Gasteiger partial charge on any atom is -0.504 e. The van der Waals surface area contributed by atoms with Crippen LogP contribution in [0.1, 0.15) is 5.56 Å². The number of benzene rings is 3. The number of aliphatic imine (C=N–C) groups is 1. The molecule has 0 fully saturated rings. The van der Waals surface area contributed by atoms with Crippen LogP contribution < -0.4 is 4.74 Å². The molecule has 0 aliphatic rings. The van der Waals surface area contributed by atoms with Crippen LogP contribution >= 0.6 is 43.2 Å². The SMILES string of the molecule is COc1cc(Br)c(Br)c(C=Nc2ccc(-c3nc4ccccc4s3)cc2)c1O. The highest BCUT2D eigenvalue weighted by Gasteiger charge is 2.14. The number of phenolic OH excluding ortho intramolecular Hbond substituents is 1. The predicted octanol–water partition coefficient (Wildman–Crippen LogP) is 6.95. The van der Waals surface area contributed by atoms with E-state index in [1.165, 1.54) is 11.8 Å². The van der Waals surface area contributed by atoms with Crippen molar-refractivity contribution < 1.29 is 9.84 Å². The van der Waals surface area contributed by atoms with Crippen molar-refractivity contribution in [2.45, 2.75) is 0 Å². The summed E-state index contributed by atoms with van der Waals surface area (Å²) in [7, 11) is 1.51. The topological polar surface area (TPSA) is 54.7 Å². The molecule has 0 amide bonds. The Balaban J connectivity index is 1.62. The molecule has 4 nitrogen and oxygen atoms in total. The van der Waals surface area contributed by atoms with Crippen LogP contribution in [0.4, 0.5) is 5.69 Å². The molecule has 0 unspecified atom stereocenters. The van der Waals surface area contributed by atoms with Crippen LogP contribution in [0.3, 0.4) is 0 Å². The van der Waals surface area contributed by atoms with Gasteiger partial charge in [-0.3, -0.25) is 4.99 Å². The Morgan fingerprint density at radius 1 is 1.11 bits per heavy atom. The summed E-state index contributed by atoms with van der Waals surface area (Å²) < 4.78 is 7.85. The summed E-state index contributed by atoms with van der Waals surface area (Å²) in [6, 6.07) is 17.7. The Morgan fingerprint density at radius 2 is 1.86 bits per heavy atom. The molecular formula is C21H14Br2N2O2S. The van der Waals surface area contributed by atoms with E-state index in [-0.39, 0.29) is 5.75 Å². The first-order chi connectivity index (χ1) is 13.6. The van der Waals surface area contributed by atoms with Crippen LogP contribution in [0.25, 0.3) is 20.8 Å². The number of nitrogens with zero attached hydrogens (tertiary/aromatic N) is 2. The first-order valence-corrected chi connectivity index (χ1v) is 10.7. The highest BCUT2D eigenvalue weighted by Crippen LogP contribution is 2.39. The molecule has 1 heterocycles. The average Bonchev–Trinajstić information content (AvgIpc) is 3.15. The molecule has 0 saturated heterocycles. The van der Waals surface area contributed by atoms with Gasteiger partial charge in [0.2, 0.25) is 0 Å². The van der Waals surface area contributed by atoms with Crippen LogP contribution in [0.5, 0.6) is 11.5 Å². The Hall–Kier alpha value is -2.22. The number of methoxy groups -OCH3 is 1. The van der Waals surface area contributed by atoms with Crippen LogP contribution in [0, 0.1) is 0 Å². The van der Waals surface area contributed by atoms with Crippen molar-refractivity contribution in [3.63, 3.8) is 0 Å². The molecule has 4 rings (SSSR count). The van der Waals surface area contributed by atoms with Gasteiger partial charge in [0.15, 0.2) is 11.5 Å². The number of thiazole rings is 1. The maximum atomic E-state index is 10.4. The van der Waals surface area contributed by atoms with E-state index in [1.54, 1.807) is 23.6 Å². The van der Waals surface area contributed by atoms with E-state index >= 15 is 0 Å². The van der Waals surface area contributed by atoms with E-state index in [0.717, 1.165) is 26.2 Å². The number of hydrogen-bond acceptors (Lipinski definition) is 5. The van der Waals surface area contributed by atoms with Crippen LogP contribution in [-0.2, 0) is 0 Å². The summed E-state index contributed by atoms with van der Waals surface area (Å²) in [4.78, 5) is 9.16. The normalized spacial score (nSPS) is 11.4. The maximum absolute atomic E-state index is 10.4. The van der Waals surface area contributed by atoms with Crippen molar-refractivity contribution in [2.24, 2.45) is 4.99 Å². The van der Waals surface area contributed by atoms with Crippen molar-refractivity contribution in [2.75, 3.05) is 7.11 Å². The Morgan fingerprint density at radius 3 is 2.57 bits per heavy atom. The van der Waals surface area contributed by atoms with E-state index < -0.39 is 0 Å². The van der Waals surface area contributed by atoms with Gasteiger partial charge in [-0.15, -0.1) is 11.3 Å². The molecule has 0 saturated carbocycles. The number of phenols is 1. The molecule has 140 valence electrons. The summed E-state index contributed by atoms with van der Waals surface area (Å²) in [5.74, 6) is 0.412. The summed E-state index contributed by atoms with van der Waals surface area (Å²) in [5, 5.41) is 11.3. The number of para-hydroxylation sites is 1. The molecule has 0 bridgehead atoms.